The number of nitrogens with one attached hydrogen (secondary N) is 1. The summed E-state index contributed by atoms with van der Waals surface area (Å²) in [5.41, 5.74) is 0.150. The van der Waals surface area contributed by atoms with Gasteiger partial charge in [-0.2, -0.15) is 0 Å². The molecule has 5 heteroatoms. The van der Waals surface area contributed by atoms with Crippen LogP contribution in [0.5, 0.6) is 0 Å². The van der Waals surface area contributed by atoms with E-state index in [1.807, 2.05) is 0 Å². The standard InChI is InChI=1S/C16H26NO4/c1-5-6-11(13(18)19)17-14(20)21-12-9-10-7-8-16(12,4)15(10,2)3/h10-12H,1,5-9H2,2-4H3,(H,17,20)(H,18,19). The van der Waals surface area contributed by atoms with Gasteiger partial charge in [-0.05, 0) is 37.0 Å². The topological polar surface area (TPSA) is 75.6 Å². The van der Waals surface area contributed by atoms with Crippen LogP contribution in [0.4, 0.5) is 4.79 Å². The Bertz CT molecular complexity index is 434. The van der Waals surface area contributed by atoms with Gasteiger partial charge in [0.25, 0.3) is 0 Å². The maximum absolute atomic E-state index is 12.0. The summed E-state index contributed by atoms with van der Waals surface area (Å²) in [6.45, 7) is 10.3. The molecular formula is C16H26NO4. The molecule has 4 atom stereocenters. The first-order chi connectivity index (χ1) is 9.72. The lowest BCUT2D eigenvalue weighted by molar-refractivity contribution is -0.139. The molecule has 0 aromatic carbocycles. The minimum Gasteiger partial charge on any atom is -0.480 e. The highest BCUT2D eigenvalue weighted by atomic mass is 16.6. The summed E-state index contributed by atoms with van der Waals surface area (Å²) in [6.07, 6.45) is 3.14. The van der Waals surface area contributed by atoms with Crippen molar-refractivity contribution >= 4 is 12.1 Å². The second kappa shape index (κ2) is 5.50. The Hall–Kier alpha value is -1.26. The van der Waals surface area contributed by atoms with Gasteiger partial charge in [0, 0.05) is 5.41 Å². The number of carboxylic acid groups (broad SMARTS) is 1. The summed E-state index contributed by atoms with van der Waals surface area (Å²) in [5.74, 6) is -0.467. The van der Waals surface area contributed by atoms with Gasteiger partial charge in [0.2, 0.25) is 0 Å². The van der Waals surface area contributed by atoms with Gasteiger partial charge in [0.05, 0.1) is 0 Å². The number of hydrogen-bond donors (Lipinski definition) is 2. The molecule has 2 fully saturated rings. The van der Waals surface area contributed by atoms with Crippen LogP contribution in [0.3, 0.4) is 0 Å². The average Bonchev–Trinajstić information content (AvgIpc) is 2.71. The van der Waals surface area contributed by atoms with Gasteiger partial charge in [-0.15, -0.1) is 0 Å². The van der Waals surface area contributed by atoms with Gasteiger partial charge in [0.15, 0.2) is 0 Å². The first kappa shape index (κ1) is 16.1. The van der Waals surface area contributed by atoms with E-state index in [-0.39, 0.29) is 16.9 Å². The third kappa shape index (κ3) is 2.62. The van der Waals surface area contributed by atoms with Crippen LogP contribution in [0.25, 0.3) is 0 Å². The fourth-order valence-electron chi connectivity index (χ4n) is 4.08. The van der Waals surface area contributed by atoms with Gasteiger partial charge in [-0.25, -0.2) is 9.59 Å². The monoisotopic (exact) mass is 296 g/mol. The molecule has 0 aliphatic heterocycles. The normalized spacial score (nSPS) is 34.5. The van der Waals surface area contributed by atoms with Crippen molar-refractivity contribution in [2.75, 3.05) is 0 Å². The highest BCUT2D eigenvalue weighted by Crippen LogP contribution is 2.66. The van der Waals surface area contributed by atoms with Crippen LogP contribution in [0, 0.1) is 23.7 Å². The van der Waals surface area contributed by atoms with E-state index in [1.54, 1.807) is 0 Å². The quantitative estimate of drug-likeness (QED) is 0.817. The molecule has 2 aliphatic carbocycles. The van der Waals surface area contributed by atoms with Crippen LogP contribution >= 0.6 is 0 Å². The second-order valence-electron chi connectivity index (χ2n) is 7.18. The minimum absolute atomic E-state index is 0.0139. The molecular weight excluding hydrogens is 270 g/mol. The lowest BCUT2D eigenvalue weighted by Gasteiger charge is -2.38. The summed E-state index contributed by atoms with van der Waals surface area (Å²) in [7, 11) is 0. The van der Waals surface area contributed by atoms with E-state index in [2.05, 4.69) is 33.0 Å². The molecule has 2 saturated carbocycles. The predicted molar refractivity (Wildman–Crippen MR) is 78.6 cm³/mol. The maximum atomic E-state index is 12.0. The molecule has 0 aromatic heterocycles. The second-order valence-corrected chi connectivity index (χ2v) is 7.18. The van der Waals surface area contributed by atoms with Crippen molar-refractivity contribution in [2.45, 2.75) is 65.0 Å². The lowest BCUT2D eigenvalue weighted by atomic mass is 9.70. The van der Waals surface area contributed by atoms with Crippen molar-refractivity contribution < 1.29 is 19.4 Å². The van der Waals surface area contributed by atoms with Crippen molar-refractivity contribution in [3.63, 3.8) is 0 Å². The van der Waals surface area contributed by atoms with Crippen LogP contribution in [-0.4, -0.2) is 29.3 Å². The molecule has 2 aliphatic rings. The maximum Gasteiger partial charge on any atom is 0.408 e. The van der Waals surface area contributed by atoms with E-state index in [0.29, 0.717) is 18.8 Å². The number of fused-ring (bicyclic) bond motifs is 2. The molecule has 0 spiro atoms. The Morgan fingerprint density at radius 1 is 1.43 bits per heavy atom. The van der Waals surface area contributed by atoms with E-state index in [9.17, 15) is 9.59 Å². The van der Waals surface area contributed by atoms with Crippen LogP contribution in [0.15, 0.2) is 0 Å². The Balaban J connectivity index is 1.97. The molecule has 4 unspecified atom stereocenters. The molecule has 2 N–H and O–H groups in total. The van der Waals surface area contributed by atoms with Crippen molar-refractivity contribution in [3.8, 4) is 0 Å². The molecule has 119 valence electrons. The highest BCUT2D eigenvalue weighted by molar-refractivity contribution is 5.79. The van der Waals surface area contributed by atoms with Crippen molar-refractivity contribution in [1.29, 1.82) is 0 Å². The predicted octanol–water partition coefficient (Wildman–Crippen LogP) is 2.99. The summed E-state index contributed by atoms with van der Waals surface area (Å²) >= 11 is 0. The minimum atomic E-state index is -1.05. The molecule has 2 bridgehead atoms. The third-order valence-corrected chi connectivity index (χ3v) is 6.05. The summed E-state index contributed by atoms with van der Waals surface area (Å²) < 4.78 is 5.58. The zero-order valence-electron chi connectivity index (χ0n) is 13.1. The summed E-state index contributed by atoms with van der Waals surface area (Å²) in [6, 6.07) is -0.922. The molecule has 2 rings (SSSR count). The van der Waals surface area contributed by atoms with E-state index in [0.717, 1.165) is 12.8 Å². The average molecular weight is 296 g/mol. The largest absolute Gasteiger partial charge is 0.480 e. The molecule has 0 saturated heterocycles. The van der Waals surface area contributed by atoms with E-state index in [4.69, 9.17) is 9.84 Å². The van der Waals surface area contributed by atoms with Crippen LogP contribution in [0.2, 0.25) is 0 Å². The molecule has 1 radical (unpaired) electrons. The molecule has 5 nitrogen and oxygen atoms in total. The summed E-state index contributed by atoms with van der Waals surface area (Å²) in [5, 5.41) is 11.5. The SMILES string of the molecule is [CH2]CCC(NC(=O)OC1CC2CCC1(C)C2(C)C)C(=O)O. The number of rotatable bonds is 5. The van der Waals surface area contributed by atoms with Crippen LogP contribution < -0.4 is 5.32 Å². The number of carbonyl (C=O) groups excluding carboxylic acids is 1. The van der Waals surface area contributed by atoms with Crippen molar-refractivity contribution in [1.82, 2.24) is 5.32 Å². The Morgan fingerprint density at radius 3 is 2.52 bits per heavy atom. The Labute approximate surface area is 126 Å². The van der Waals surface area contributed by atoms with Gasteiger partial charge in [0.1, 0.15) is 12.1 Å². The fourth-order valence-corrected chi connectivity index (χ4v) is 4.08. The van der Waals surface area contributed by atoms with Crippen LogP contribution in [0.1, 0.15) is 52.9 Å². The highest BCUT2D eigenvalue weighted by Gasteiger charge is 2.62. The number of alkyl carbamates (subject to hydrolysis) is 1. The van der Waals surface area contributed by atoms with Crippen LogP contribution in [-0.2, 0) is 9.53 Å². The number of carboxylic acids is 1. The lowest BCUT2D eigenvalue weighted by Crippen LogP contribution is -2.45. The third-order valence-electron chi connectivity index (χ3n) is 6.05. The Morgan fingerprint density at radius 2 is 2.10 bits per heavy atom. The molecule has 21 heavy (non-hydrogen) atoms. The van der Waals surface area contributed by atoms with Gasteiger partial charge in [-0.1, -0.05) is 34.1 Å². The van der Waals surface area contributed by atoms with Crippen molar-refractivity contribution in [3.05, 3.63) is 6.92 Å². The molecule has 0 aromatic rings. The first-order valence-electron chi connectivity index (χ1n) is 7.71. The van der Waals surface area contributed by atoms with E-state index >= 15 is 0 Å². The zero-order chi connectivity index (χ0) is 15.8. The number of aliphatic carboxylic acids is 1. The molecule has 1 amide bonds. The van der Waals surface area contributed by atoms with Gasteiger partial charge >= 0.3 is 12.1 Å². The number of ether oxygens (including phenoxy) is 1. The molecule has 0 heterocycles. The number of amides is 1. The summed E-state index contributed by atoms with van der Waals surface area (Å²) in [4.78, 5) is 23.1. The zero-order valence-corrected chi connectivity index (χ0v) is 13.1. The van der Waals surface area contributed by atoms with Crippen molar-refractivity contribution in [2.24, 2.45) is 16.7 Å². The number of hydrogen-bond acceptors (Lipinski definition) is 3. The fraction of sp³-hybridized carbons (Fsp3) is 0.812. The Kier molecular flexibility index (Phi) is 4.22. The van der Waals surface area contributed by atoms with E-state index in [1.165, 1.54) is 6.42 Å². The van der Waals surface area contributed by atoms with Gasteiger partial charge < -0.3 is 15.2 Å². The smallest absolute Gasteiger partial charge is 0.408 e. The first-order valence-corrected chi connectivity index (χ1v) is 7.71. The van der Waals surface area contributed by atoms with Gasteiger partial charge in [-0.3, -0.25) is 0 Å². The number of carbonyl (C=O) groups is 2. The van der Waals surface area contributed by atoms with E-state index < -0.39 is 18.1 Å².